The fraction of sp³-hybridized carbons (Fsp3) is 0.357. The minimum atomic E-state index is -0.124. The molecule has 1 heterocycles. The Morgan fingerprint density at radius 3 is 2.61 bits per heavy atom. The summed E-state index contributed by atoms with van der Waals surface area (Å²) in [6.07, 6.45) is 0.841. The number of hydrogen-bond acceptors (Lipinski definition) is 3. The average Bonchev–Trinajstić information content (AvgIpc) is 2.34. The van der Waals surface area contributed by atoms with E-state index >= 15 is 0 Å². The van der Waals surface area contributed by atoms with Gasteiger partial charge >= 0.3 is 0 Å². The molecule has 2 rings (SSSR count). The second-order valence-corrected chi connectivity index (χ2v) is 4.70. The van der Waals surface area contributed by atoms with E-state index in [0.29, 0.717) is 18.4 Å². The Hall–Kier alpha value is -2.15. The lowest BCUT2D eigenvalue weighted by Gasteiger charge is -2.28. The number of carbonyl (C=O) groups excluding carboxylic acids is 2. The smallest absolute Gasteiger partial charge is 0.229 e. The number of hydrogen-bond donors (Lipinski definition) is 0. The first-order chi connectivity index (χ1) is 8.60. The molecule has 4 nitrogen and oxygen atoms in total. The topological polar surface area (TPSA) is 61.2 Å². The molecular weight excluding hydrogens is 228 g/mol. The summed E-state index contributed by atoms with van der Waals surface area (Å²) in [5.74, 6) is -0.117. The van der Waals surface area contributed by atoms with Crippen LogP contribution in [0.25, 0.3) is 0 Å². The first kappa shape index (κ1) is 12.3. The zero-order valence-electron chi connectivity index (χ0n) is 10.2. The fourth-order valence-electron chi connectivity index (χ4n) is 2.13. The largest absolute Gasteiger partial charge is 0.278 e. The molecule has 0 unspecified atom stereocenters. The molecule has 1 aromatic rings. The van der Waals surface area contributed by atoms with Crippen molar-refractivity contribution in [3.05, 3.63) is 35.4 Å². The van der Waals surface area contributed by atoms with Crippen LogP contribution in [0.1, 0.15) is 30.9 Å². The monoisotopic (exact) mass is 242 g/mol. The molecule has 0 bridgehead atoms. The molecule has 18 heavy (non-hydrogen) atoms. The number of rotatable bonds is 2. The van der Waals surface area contributed by atoms with Crippen LogP contribution >= 0.6 is 0 Å². The van der Waals surface area contributed by atoms with Crippen molar-refractivity contribution in [2.24, 2.45) is 5.92 Å². The van der Waals surface area contributed by atoms with Gasteiger partial charge in [-0.3, -0.25) is 14.5 Å². The van der Waals surface area contributed by atoms with Crippen LogP contribution in [0.5, 0.6) is 0 Å². The molecule has 1 aromatic carbocycles. The number of carbonyl (C=O) groups is 2. The third-order valence-corrected chi connectivity index (χ3v) is 3.05. The van der Waals surface area contributed by atoms with E-state index in [0.717, 1.165) is 5.56 Å². The fourth-order valence-corrected chi connectivity index (χ4v) is 2.13. The minimum absolute atomic E-state index is 0.124. The molecule has 0 radical (unpaired) electrons. The van der Waals surface area contributed by atoms with E-state index in [4.69, 9.17) is 5.26 Å². The number of piperidine rings is 1. The van der Waals surface area contributed by atoms with Crippen LogP contribution in [0.15, 0.2) is 24.3 Å². The van der Waals surface area contributed by atoms with Crippen LogP contribution in [-0.4, -0.2) is 16.7 Å². The minimum Gasteiger partial charge on any atom is -0.278 e. The SMILES string of the molecule is CC1CC(=O)N(Cc2cccc(C#N)c2)C(=O)C1. The molecule has 1 aliphatic rings. The van der Waals surface area contributed by atoms with Crippen molar-refractivity contribution in [3.8, 4) is 6.07 Å². The van der Waals surface area contributed by atoms with Crippen molar-refractivity contribution in [1.82, 2.24) is 4.90 Å². The molecular formula is C14H14N2O2. The molecule has 0 atom stereocenters. The van der Waals surface area contributed by atoms with Crippen LogP contribution in [0.2, 0.25) is 0 Å². The van der Waals surface area contributed by atoms with Gasteiger partial charge in [-0.2, -0.15) is 5.26 Å². The van der Waals surface area contributed by atoms with Gasteiger partial charge in [-0.1, -0.05) is 19.1 Å². The van der Waals surface area contributed by atoms with Gasteiger partial charge in [0.1, 0.15) is 0 Å². The Labute approximate surface area is 106 Å². The Kier molecular flexibility index (Phi) is 3.42. The maximum absolute atomic E-state index is 11.8. The summed E-state index contributed by atoms with van der Waals surface area (Å²) in [5.41, 5.74) is 1.35. The third-order valence-electron chi connectivity index (χ3n) is 3.05. The summed E-state index contributed by atoms with van der Waals surface area (Å²) >= 11 is 0. The maximum Gasteiger partial charge on any atom is 0.229 e. The van der Waals surface area contributed by atoms with Gasteiger partial charge in [-0.05, 0) is 23.6 Å². The normalized spacial score (nSPS) is 16.8. The second kappa shape index (κ2) is 5.01. The molecule has 0 N–H and O–H groups in total. The molecule has 0 aromatic heterocycles. The summed E-state index contributed by atoms with van der Waals surface area (Å²) < 4.78 is 0. The number of nitriles is 1. The van der Waals surface area contributed by atoms with Crippen molar-refractivity contribution in [2.75, 3.05) is 0 Å². The van der Waals surface area contributed by atoms with E-state index in [2.05, 4.69) is 0 Å². The predicted octanol–water partition coefficient (Wildman–Crippen LogP) is 1.84. The van der Waals surface area contributed by atoms with Gasteiger partial charge in [0.25, 0.3) is 0 Å². The zero-order valence-corrected chi connectivity index (χ0v) is 10.2. The number of amides is 2. The molecule has 92 valence electrons. The summed E-state index contributed by atoms with van der Waals surface area (Å²) in [7, 11) is 0. The quantitative estimate of drug-likeness (QED) is 0.743. The Balaban J connectivity index is 2.15. The lowest BCUT2D eigenvalue weighted by atomic mass is 9.97. The van der Waals surface area contributed by atoms with Gasteiger partial charge in [0.2, 0.25) is 11.8 Å². The van der Waals surface area contributed by atoms with Gasteiger partial charge < -0.3 is 0 Å². The molecule has 4 heteroatoms. The lowest BCUT2D eigenvalue weighted by molar-refractivity contribution is -0.150. The first-order valence-corrected chi connectivity index (χ1v) is 5.92. The van der Waals surface area contributed by atoms with Gasteiger partial charge in [0, 0.05) is 12.8 Å². The van der Waals surface area contributed by atoms with Gasteiger partial charge in [0.15, 0.2) is 0 Å². The summed E-state index contributed by atoms with van der Waals surface area (Å²) in [4.78, 5) is 24.9. The molecule has 0 aliphatic carbocycles. The Bertz CT molecular complexity index is 513. The van der Waals surface area contributed by atoms with E-state index in [9.17, 15) is 9.59 Å². The molecule has 1 saturated heterocycles. The van der Waals surface area contributed by atoms with E-state index in [1.807, 2.05) is 19.1 Å². The van der Waals surface area contributed by atoms with Crippen LogP contribution in [0, 0.1) is 17.2 Å². The molecule has 1 aliphatic heterocycles. The third kappa shape index (κ3) is 2.57. The van der Waals surface area contributed by atoms with Gasteiger partial charge in [-0.15, -0.1) is 0 Å². The first-order valence-electron chi connectivity index (χ1n) is 5.92. The molecule has 2 amide bonds. The molecule has 1 fully saturated rings. The van der Waals surface area contributed by atoms with Crippen molar-refractivity contribution in [1.29, 1.82) is 5.26 Å². The molecule has 0 spiro atoms. The van der Waals surface area contributed by atoms with E-state index in [1.165, 1.54) is 4.90 Å². The number of benzene rings is 1. The van der Waals surface area contributed by atoms with E-state index in [1.54, 1.807) is 18.2 Å². The molecule has 0 saturated carbocycles. The summed E-state index contributed by atoms with van der Waals surface area (Å²) in [5, 5.41) is 8.81. The van der Waals surface area contributed by atoms with Crippen molar-refractivity contribution in [2.45, 2.75) is 26.3 Å². The van der Waals surface area contributed by atoms with Crippen molar-refractivity contribution in [3.63, 3.8) is 0 Å². The number of likely N-dealkylation sites (tertiary alicyclic amines) is 1. The van der Waals surface area contributed by atoms with E-state index in [-0.39, 0.29) is 24.3 Å². The van der Waals surface area contributed by atoms with Crippen LogP contribution in [0.4, 0.5) is 0 Å². The van der Waals surface area contributed by atoms with E-state index < -0.39 is 0 Å². The Morgan fingerprint density at radius 1 is 1.33 bits per heavy atom. The number of nitrogens with zero attached hydrogens (tertiary/aromatic N) is 2. The van der Waals surface area contributed by atoms with Crippen molar-refractivity contribution >= 4 is 11.8 Å². The summed E-state index contributed by atoms with van der Waals surface area (Å²) in [6.45, 7) is 2.17. The predicted molar refractivity (Wildman–Crippen MR) is 65.1 cm³/mol. The van der Waals surface area contributed by atoms with Crippen LogP contribution in [-0.2, 0) is 16.1 Å². The Morgan fingerprint density at radius 2 is 2.00 bits per heavy atom. The van der Waals surface area contributed by atoms with Crippen LogP contribution in [0.3, 0.4) is 0 Å². The standard InChI is InChI=1S/C14H14N2O2/c1-10-5-13(17)16(14(18)6-10)9-12-4-2-3-11(7-12)8-15/h2-4,7,10H,5-6,9H2,1H3. The lowest BCUT2D eigenvalue weighted by Crippen LogP contribution is -2.42. The van der Waals surface area contributed by atoms with Crippen LogP contribution < -0.4 is 0 Å². The highest BCUT2D eigenvalue weighted by molar-refractivity contribution is 5.97. The second-order valence-electron chi connectivity index (χ2n) is 4.70. The van der Waals surface area contributed by atoms with Crippen molar-refractivity contribution < 1.29 is 9.59 Å². The average molecular weight is 242 g/mol. The summed E-state index contributed by atoms with van der Waals surface area (Å²) in [6, 6.07) is 9.03. The van der Waals surface area contributed by atoms with Gasteiger partial charge in [-0.25, -0.2) is 0 Å². The highest BCUT2D eigenvalue weighted by Crippen LogP contribution is 2.20. The highest BCUT2D eigenvalue weighted by Gasteiger charge is 2.30. The highest BCUT2D eigenvalue weighted by atomic mass is 16.2. The zero-order chi connectivity index (χ0) is 13.1. The maximum atomic E-state index is 11.8. The number of imide groups is 1. The van der Waals surface area contributed by atoms with Gasteiger partial charge in [0.05, 0.1) is 18.2 Å².